The first-order valence-corrected chi connectivity index (χ1v) is 13.3. The van der Waals surface area contributed by atoms with E-state index in [0.717, 1.165) is 16.8 Å². The van der Waals surface area contributed by atoms with Gasteiger partial charge in [0.05, 0.1) is 22.9 Å². The smallest absolute Gasteiger partial charge is 0.244 e. The highest BCUT2D eigenvalue weighted by Gasteiger charge is 2.32. The number of carbonyl (C=O) groups is 1. The van der Waals surface area contributed by atoms with E-state index in [1.165, 1.54) is 12.1 Å². The zero-order valence-electron chi connectivity index (χ0n) is 17.2. The molecule has 0 unspecified atom stereocenters. The quantitative estimate of drug-likeness (QED) is 0.636. The van der Waals surface area contributed by atoms with Gasteiger partial charge in [-0.15, -0.1) is 0 Å². The van der Waals surface area contributed by atoms with Gasteiger partial charge in [-0.25, -0.2) is 16.8 Å². The molecule has 164 valence electrons. The molecule has 0 aliphatic rings. The Hall–Kier alpha value is -2.10. The number of rotatable bonds is 8. The van der Waals surface area contributed by atoms with Gasteiger partial charge < -0.3 is 5.32 Å². The monoisotopic (exact) mass is 472 g/mol. The van der Waals surface area contributed by atoms with E-state index < -0.39 is 37.9 Å². The summed E-state index contributed by atoms with van der Waals surface area (Å²) in [5.74, 6) is -0.461. The van der Waals surface area contributed by atoms with Gasteiger partial charge in [0.2, 0.25) is 15.9 Å². The Kier molecular flexibility index (Phi) is 7.54. The minimum absolute atomic E-state index is 0.183. The zero-order valence-corrected chi connectivity index (χ0v) is 19.6. The van der Waals surface area contributed by atoms with Crippen LogP contribution in [0.3, 0.4) is 0 Å². The maximum atomic E-state index is 13.0. The number of anilines is 1. The van der Waals surface area contributed by atoms with Gasteiger partial charge in [-0.3, -0.25) is 9.10 Å². The van der Waals surface area contributed by atoms with E-state index in [2.05, 4.69) is 5.32 Å². The van der Waals surface area contributed by atoms with E-state index in [4.69, 9.17) is 11.6 Å². The van der Waals surface area contributed by atoms with Crippen molar-refractivity contribution in [3.05, 3.63) is 59.1 Å². The zero-order chi connectivity index (χ0) is 22.7. The molecule has 2 atom stereocenters. The SMILES string of the molecule is CC[C@H](C(=O)N[C@@H](C)c1ccc(S(C)(=O)=O)cc1)N(c1ccc(Cl)cc1)S(C)(=O)=O. The lowest BCUT2D eigenvalue weighted by Gasteiger charge is -2.31. The van der Waals surface area contributed by atoms with Gasteiger partial charge in [0.25, 0.3) is 0 Å². The van der Waals surface area contributed by atoms with E-state index >= 15 is 0 Å². The second-order valence-electron chi connectivity index (χ2n) is 7.03. The van der Waals surface area contributed by atoms with E-state index in [0.29, 0.717) is 16.3 Å². The van der Waals surface area contributed by atoms with Gasteiger partial charge in [0.1, 0.15) is 6.04 Å². The first-order chi connectivity index (χ1) is 13.8. The summed E-state index contributed by atoms with van der Waals surface area (Å²) in [6.07, 6.45) is 2.42. The number of benzene rings is 2. The molecule has 0 aliphatic carbocycles. The summed E-state index contributed by atoms with van der Waals surface area (Å²) in [4.78, 5) is 13.2. The largest absolute Gasteiger partial charge is 0.348 e. The number of halogens is 1. The maximum Gasteiger partial charge on any atom is 0.244 e. The first kappa shape index (κ1) is 24.2. The number of sulfone groups is 1. The molecule has 10 heteroatoms. The predicted molar refractivity (Wildman–Crippen MR) is 119 cm³/mol. The Bertz CT molecular complexity index is 1100. The Balaban J connectivity index is 2.28. The van der Waals surface area contributed by atoms with Crippen molar-refractivity contribution in [3.63, 3.8) is 0 Å². The lowest BCUT2D eigenvalue weighted by Crippen LogP contribution is -2.49. The Labute approximate surface area is 183 Å². The molecule has 0 heterocycles. The molecule has 0 aromatic heterocycles. The highest BCUT2D eigenvalue weighted by atomic mass is 35.5. The third-order valence-electron chi connectivity index (χ3n) is 4.58. The summed E-state index contributed by atoms with van der Waals surface area (Å²) in [5, 5.41) is 3.27. The van der Waals surface area contributed by atoms with Gasteiger partial charge in [-0.2, -0.15) is 0 Å². The maximum absolute atomic E-state index is 13.0. The standard InChI is InChI=1S/C20H25ClN2O5S2/c1-5-19(23(30(4,27)28)17-10-8-16(21)9-11-17)20(24)22-14(2)15-6-12-18(13-7-15)29(3,25)26/h6-14,19H,5H2,1-4H3,(H,22,24)/t14-,19+/m0/s1. The molecule has 0 saturated heterocycles. The molecule has 2 aromatic carbocycles. The van der Waals surface area contributed by atoms with Crippen molar-refractivity contribution in [2.24, 2.45) is 0 Å². The number of amides is 1. The van der Waals surface area contributed by atoms with Crippen LogP contribution < -0.4 is 9.62 Å². The number of hydrogen-bond donors (Lipinski definition) is 1. The van der Waals surface area contributed by atoms with Gasteiger partial charge in [0.15, 0.2) is 9.84 Å². The number of hydrogen-bond acceptors (Lipinski definition) is 5. The molecule has 1 amide bonds. The van der Waals surface area contributed by atoms with Crippen LogP contribution in [0, 0.1) is 0 Å². The number of sulfonamides is 1. The average Bonchev–Trinajstić information content (AvgIpc) is 2.65. The molecule has 0 spiro atoms. The molecule has 0 saturated carbocycles. The van der Waals surface area contributed by atoms with Gasteiger partial charge in [0, 0.05) is 11.3 Å². The van der Waals surface area contributed by atoms with Crippen molar-refractivity contribution >= 4 is 43.1 Å². The molecular weight excluding hydrogens is 448 g/mol. The van der Waals surface area contributed by atoms with E-state index in [9.17, 15) is 21.6 Å². The van der Waals surface area contributed by atoms with Crippen molar-refractivity contribution in [2.75, 3.05) is 16.8 Å². The average molecular weight is 473 g/mol. The summed E-state index contributed by atoms with van der Waals surface area (Å²) in [6, 6.07) is 11.0. The van der Waals surface area contributed by atoms with Crippen molar-refractivity contribution in [1.29, 1.82) is 0 Å². The second-order valence-corrected chi connectivity index (χ2v) is 11.3. The highest BCUT2D eigenvalue weighted by Crippen LogP contribution is 2.25. The number of nitrogens with zero attached hydrogens (tertiary/aromatic N) is 1. The Morgan fingerprint density at radius 3 is 1.97 bits per heavy atom. The minimum atomic E-state index is -3.75. The molecule has 2 rings (SSSR count). The summed E-state index contributed by atoms with van der Waals surface area (Å²) >= 11 is 5.90. The van der Waals surface area contributed by atoms with E-state index in [1.807, 2.05) is 0 Å². The first-order valence-electron chi connectivity index (χ1n) is 9.20. The second kappa shape index (κ2) is 9.36. The number of nitrogens with one attached hydrogen (secondary N) is 1. The van der Waals surface area contributed by atoms with Crippen LogP contribution in [0.1, 0.15) is 31.9 Å². The van der Waals surface area contributed by atoms with E-state index in [-0.39, 0.29) is 11.3 Å². The third kappa shape index (κ3) is 5.96. The van der Waals surface area contributed by atoms with Crippen molar-refractivity contribution in [1.82, 2.24) is 5.32 Å². The van der Waals surface area contributed by atoms with Crippen molar-refractivity contribution < 1.29 is 21.6 Å². The van der Waals surface area contributed by atoms with Crippen LogP contribution >= 0.6 is 11.6 Å². The minimum Gasteiger partial charge on any atom is -0.348 e. The summed E-state index contributed by atoms with van der Waals surface area (Å²) in [7, 11) is -7.06. The molecule has 0 bridgehead atoms. The number of carbonyl (C=O) groups excluding carboxylic acids is 1. The normalized spacial score (nSPS) is 14.0. The Morgan fingerprint density at radius 1 is 1.00 bits per heavy atom. The van der Waals surface area contributed by atoms with Crippen molar-refractivity contribution in [2.45, 2.75) is 37.2 Å². The van der Waals surface area contributed by atoms with Gasteiger partial charge >= 0.3 is 0 Å². The van der Waals surface area contributed by atoms with Crippen molar-refractivity contribution in [3.8, 4) is 0 Å². The fourth-order valence-corrected chi connectivity index (χ4v) is 5.01. The predicted octanol–water partition coefficient (Wildman–Crippen LogP) is 3.17. The van der Waals surface area contributed by atoms with Crippen LogP contribution in [0.25, 0.3) is 0 Å². The topological polar surface area (TPSA) is 101 Å². The molecule has 0 fully saturated rings. The van der Waals surface area contributed by atoms with Crippen LogP contribution in [0.5, 0.6) is 0 Å². The van der Waals surface area contributed by atoms with Crippen LogP contribution in [0.4, 0.5) is 5.69 Å². The molecule has 0 radical (unpaired) electrons. The van der Waals surface area contributed by atoms with Crippen LogP contribution in [-0.4, -0.2) is 41.3 Å². The molecule has 2 aromatic rings. The molecule has 7 nitrogen and oxygen atoms in total. The molecular formula is C20H25ClN2O5S2. The molecule has 0 aliphatic heterocycles. The Morgan fingerprint density at radius 2 is 1.53 bits per heavy atom. The van der Waals surface area contributed by atoms with E-state index in [1.54, 1.807) is 50.2 Å². The van der Waals surface area contributed by atoms with Crippen LogP contribution in [0.15, 0.2) is 53.4 Å². The van der Waals surface area contributed by atoms with Crippen LogP contribution in [-0.2, 0) is 24.7 Å². The molecule has 1 N–H and O–H groups in total. The molecule has 30 heavy (non-hydrogen) atoms. The fourth-order valence-electron chi connectivity index (χ4n) is 3.04. The van der Waals surface area contributed by atoms with Gasteiger partial charge in [-0.1, -0.05) is 30.7 Å². The lowest BCUT2D eigenvalue weighted by molar-refractivity contribution is -0.122. The summed E-state index contributed by atoms with van der Waals surface area (Å²) < 4.78 is 49.2. The third-order valence-corrected chi connectivity index (χ3v) is 7.14. The van der Waals surface area contributed by atoms with Crippen LogP contribution in [0.2, 0.25) is 5.02 Å². The summed E-state index contributed by atoms with van der Waals surface area (Å²) in [6.45, 7) is 3.47. The fraction of sp³-hybridized carbons (Fsp3) is 0.350. The lowest BCUT2D eigenvalue weighted by atomic mass is 10.1. The highest BCUT2D eigenvalue weighted by molar-refractivity contribution is 7.92. The van der Waals surface area contributed by atoms with Gasteiger partial charge in [-0.05, 0) is 55.3 Å². The summed E-state index contributed by atoms with van der Waals surface area (Å²) in [5.41, 5.74) is 1.04.